The summed E-state index contributed by atoms with van der Waals surface area (Å²) in [5.74, 6) is 0.304. The molecule has 4 aromatic rings. The van der Waals surface area contributed by atoms with Crippen molar-refractivity contribution in [2.75, 3.05) is 50.8 Å². The summed E-state index contributed by atoms with van der Waals surface area (Å²) in [4.78, 5) is 42.0. The molecule has 0 spiro atoms. The number of carbonyl (C=O) groups is 2. The van der Waals surface area contributed by atoms with Gasteiger partial charge in [-0.3, -0.25) is 23.9 Å². The van der Waals surface area contributed by atoms with Crippen molar-refractivity contribution in [3.05, 3.63) is 71.0 Å². The Kier molecular flexibility index (Phi) is 13.1. The molecule has 0 aliphatic carbocycles. The van der Waals surface area contributed by atoms with Gasteiger partial charge in [-0.15, -0.1) is 11.3 Å². The number of benzene rings is 2. The van der Waals surface area contributed by atoms with Gasteiger partial charge in [0.15, 0.2) is 6.73 Å². The number of hydrogen-bond acceptors (Lipinski definition) is 8. The van der Waals surface area contributed by atoms with Crippen molar-refractivity contribution in [1.82, 2.24) is 14.8 Å². The third-order valence-corrected chi connectivity index (χ3v) is 9.87. The fraction of sp³-hybridized carbons (Fsp3) is 0.486. The molecule has 1 saturated heterocycles. The maximum absolute atomic E-state index is 12.7. The van der Waals surface area contributed by atoms with Crippen LogP contribution in [0, 0.1) is 0 Å². The highest BCUT2D eigenvalue weighted by Crippen LogP contribution is 2.32. The van der Waals surface area contributed by atoms with Crippen LogP contribution in [-0.2, 0) is 21.1 Å². The number of pyridine rings is 1. The van der Waals surface area contributed by atoms with Crippen molar-refractivity contribution in [3.63, 3.8) is 0 Å². The first-order valence-corrected chi connectivity index (χ1v) is 18.0. The highest BCUT2D eigenvalue weighted by atomic mass is 32.1. The molecular weight excluding hydrogens is 612 g/mol. The molecule has 1 fully saturated rings. The van der Waals surface area contributed by atoms with Crippen LogP contribution in [0.4, 0.5) is 5.00 Å². The molecule has 2 aromatic heterocycles. The van der Waals surface area contributed by atoms with E-state index < -0.39 is 5.97 Å². The van der Waals surface area contributed by atoms with Gasteiger partial charge in [0.2, 0.25) is 5.91 Å². The zero-order valence-electron chi connectivity index (χ0n) is 27.6. The SMILES string of the molecule is CCCCCCC(=O)NCCCC(=O)OCn1c(=O)ccc2ccc(OCCCCN3CCN(c4cc5ccccc5s4)CC3)cc21. The normalized spacial score (nSPS) is 13.7. The second-order valence-electron chi connectivity index (χ2n) is 12.2. The molecule has 0 bridgehead atoms. The van der Waals surface area contributed by atoms with E-state index in [4.69, 9.17) is 9.47 Å². The highest BCUT2D eigenvalue weighted by Gasteiger charge is 2.18. The van der Waals surface area contributed by atoms with Crippen molar-refractivity contribution >= 4 is 49.2 Å². The van der Waals surface area contributed by atoms with Gasteiger partial charge in [-0.25, -0.2) is 0 Å². The lowest BCUT2D eigenvalue weighted by Crippen LogP contribution is -2.46. The van der Waals surface area contributed by atoms with Crippen molar-refractivity contribution in [2.45, 2.75) is 71.4 Å². The standard InChI is InChI=1S/C37H48N4O5S/c1-2-3-4-5-13-34(42)38-19-10-14-37(44)46-28-41-32-27-31(17-15-29(32)16-18-35(41)43)45-25-9-8-20-39-21-23-40(24-22-39)36-26-30-11-6-7-12-33(30)47-36/h6-7,11-12,15-18,26-27H,2-5,8-10,13-14,19-25,28H2,1H3,(H,38,42). The summed E-state index contributed by atoms with van der Waals surface area (Å²) in [6.07, 6.45) is 7.40. The number of fused-ring (bicyclic) bond motifs is 2. The third-order valence-electron chi connectivity index (χ3n) is 8.69. The number of carbonyl (C=O) groups excluding carboxylic acids is 2. The van der Waals surface area contributed by atoms with Gasteiger partial charge in [0, 0.05) is 62.4 Å². The molecule has 0 atom stereocenters. The van der Waals surface area contributed by atoms with Crippen LogP contribution in [0.2, 0.25) is 0 Å². The first-order chi connectivity index (χ1) is 23.0. The minimum absolute atomic E-state index is 0.0207. The number of hydrogen-bond donors (Lipinski definition) is 1. The molecule has 5 rings (SSSR count). The van der Waals surface area contributed by atoms with Crippen LogP contribution in [0.15, 0.2) is 65.5 Å². The third kappa shape index (κ3) is 10.3. The molecule has 1 aliphatic heterocycles. The maximum atomic E-state index is 12.7. The van der Waals surface area contributed by atoms with Gasteiger partial charge in [-0.1, -0.05) is 44.4 Å². The molecule has 1 N–H and O–H groups in total. The van der Waals surface area contributed by atoms with Crippen molar-refractivity contribution in [3.8, 4) is 5.75 Å². The Hall–Kier alpha value is -3.89. The van der Waals surface area contributed by atoms with E-state index in [9.17, 15) is 14.4 Å². The Balaban J connectivity index is 1.00. The molecule has 0 radical (unpaired) electrons. The van der Waals surface area contributed by atoms with Crippen LogP contribution in [0.3, 0.4) is 0 Å². The predicted molar refractivity (Wildman–Crippen MR) is 191 cm³/mol. The monoisotopic (exact) mass is 660 g/mol. The average molecular weight is 661 g/mol. The molecule has 47 heavy (non-hydrogen) atoms. The number of aromatic nitrogens is 1. The topological polar surface area (TPSA) is 93.1 Å². The Bertz CT molecular complexity index is 1630. The fourth-order valence-electron chi connectivity index (χ4n) is 5.90. The molecule has 0 saturated carbocycles. The predicted octanol–water partition coefficient (Wildman–Crippen LogP) is 6.56. The molecule has 1 aliphatic rings. The Morgan fingerprint density at radius 2 is 1.68 bits per heavy atom. The second-order valence-corrected chi connectivity index (χ2v) is 13.3. The summed E-state index contributed by atoms with van der Waals surface area (Å²) in [5.41, 5.74) is 0.417. The summed E-state index contributed by atoms with van der Waals surface area (Å²) in [6.45, 7) is 8.28. The number of rotatable bonds is 18. The number of ether oxygens (including phenoxy) is 2. The van der Waals surface area contributed by atoms with Gasteiger partial charge in [-0.2, -0.15) is 0 Å². The summed E-state index contributed by atoms with van der Waals surface area (Å²) >= 11 is 1.88. The number of esters is 1. The van der Waals surface area contributed by atoms with Gasteiger partial charge in [0.05, 0.1) is 17.1 Å². The lowest BCUT2D eigenvalue weighted by Gasteiger charge is -2.35. The van der Waals surface area contributed by atoms with E-state index >= 15 is 0 Å². The number of amides is 1. The molecular formula is C37H48N4O5S. The fourth-order valence-corrected chi connectivity index (χ4v) is 7.02. The molecule has 1 amide bonds. The summed E-state index contributed by atoms with van der Waals surface area (Å²) < 4.78 is 14.3. The Morgan fingerprint density at radius 1 is 0.851 bits per heavy atom. The number of nitrogens with one attached hydrogen (secondary N) is 1. The van der Waals surface area contributed by atoms with Crippen molar-refractivity contribution in [1.29, 1.82) is 0 Å². The number of thiophene rings is 1. The molecule has 0 unspecified atom stereocenters. The van der Waals surface area contributed by atoms with Crippen LogP contribution >= 0.6 is 11.3 Å². The minimum Gasteiger partial charge on any atom is -0.494 e. The van der Waals surface area contributed by atoms with Crippen LogP contribution in [0.25, 0.3) is 21.0 Å². The summed E-state index contributed by atoms with van der Waals surface area (Å²) in [5, 5.41) is 6.42. The van der Waals surface area contributed by atoms with E-state index in [-0.39, 0.29) is 24.6 Å². The quantitative estimate of drug-likeness (QED) is 0.0954. The molecule has 2 aromatic carbocycles. The van der Waals surface area contributed by atoms with Crippen LogP contribution in [-0.4, -0.2) is 67.2 Å². The number of unbranched alkanes of at least 4 members (excludes halogenated alkanes) is 4. The number of nitrogens with zero attached hydrogens (tertiary/aromatic N) is 3. The largest absolute Gasteiger partial charge is 0.494 e. The molecule has 252 valence electrons. The average Bonchev–Trinajstić information content (AvgIpc) is 3.53. The van der Waals surface area contributed by atoms with Gasteiger partial charge in [-0.05, 0) is 73.3 Å². The van der Waals surface area contributed by atoms with Crippen molar-refractivity contribution < 1.29 is 19.1 Å². The first kappa shape index (κ1) is 34.4. The Labute approximate surface area is 281 Å². The van der Waals surface area contributed by atoms with Crippen LogP contribution in [0.1, 0.15) is 64.7 Å². The van der Waals surface area contributed by atoms with Gasteiger partial charge >= 0.3 is 5.97 Å². The summed E-state index contributed by atoms with van der Waals surface area (Å²) in [7, 11) is 0. The molecule has 9 nitrogen and oxygen atoms in total. The van der Waals surface area contributed by atoms with Gasteiger partial charge < -0.3 is 19.7 Å². The maximum Gasteiger partial charge on any atom is 0.307 e. The van der Waals surface area contributed by atoms with Crippen LogP contribution < -0.4 is 20.5 Å². The summed E-state index contributed by atoms with van der Waals surface area (Å²) in [6, 6.07) is 19.8. The van der Waals surface area contributed by atoms with E-state index in [1.54, 1.807) is 6.07 Å². The van der Waals surface area contributed by atoms with E-state index in [0.29, 0.717) is 37.3 Å². The highest BCUT2D eigenvalue weighted by molar-refractivity contribution is 7.22. The number of anilines is 1. The lowest BCUT2D eigenvalue weighted by molar-refractivity contribution is -0.147. The lowest BCUT2D eigenvalue weighted by atomic mass is 10.1. The smallest absolute Gasteiger partial charge is 0.307 e. The molecule has 10 heteroatoms. The first-order valence-electron chi connectivity index (χ1n) is 17.1. The zero-order valence-corrected chi connectivity index (χ0v) is 28.4. The van der Waals surface area contributed by atoms with E-state index in [1.165, 1.54) is 25.7 Å². The number of piperazine rings is 1. The molecule has 3 heterocycles. The van der Waals surface area contributed by atoms with Gasteiger partial charge in [0.1, 0.15) is 5.75 Å². The van der Waals surface area contributed by atoms with E-state index in [2.05, 4.69) is 52.4 Å². The van der Waals surface area contributed by atoms with Gasteiger partial charge in [0.25, 0.3) is 5.56 Å². The minimum atomic E-state index is -0.403. The van der Waals surface area contributed by atoms with E-state index in [0.717, 1.165) is 76.6 Å². The van der Waals surface area contributed by atoms with E-state index in [1.807, 2.05) is 29.5 Å². The second kappa shape index (κ2) is 17.9. The van der Waals surface area contributed by atoms with Crippen molar-refractivity contribution in [2.24, 2.45) is 0 Å². The van der Waals surface area contributed by atoms with Crippen LogP contribution in [0.5, 0.6) is 5.75 Å². The zero-order chi connectivity index (χ0) is 32.8. The Morgan fingerprint density at radius 3 is 2.51 bits per heavy atom.